The van der Waals surface area contributed by atoms with Crippen LogP contribution in [0.4, 0.5) is 4.39 Å². The normalized spacial score (nSPS) is 10.3. The summed E-state index contributed by atoms with van der Waals surface area (Å²) >= 11 is 6.50. The Bertz CT molecular complexity index is 614. The van der Waals surface area contributed by atoms with Crippen molar-refractivity contribution in [2.45, 2.75) is 6.61 Å². The molecular formula is C14H9Br2FO2. The standard InChI is InChI=1S/C14H9Br2FO2/c15-11-5-4-10(13(17)6-11)8-19-14-9(7-18)2-1-3-12(14)16/h1-7H,8H2. The lowest BCUT2D eigenvalue weighted by atomic mass is 10.2. The van der Waals surface area contributed by atoms with Gasteiger partial charge in [0.25, 0.3) is 0 Å². The van der Waals surface area contributed by atoms with Gasteiger partial charge in [-0.05, 0) is 40.2 Å². The number of para-hydroxylation sites is 1. The zero-order valence-corrected chi connectivity index (χ0v) is 12.9. The number of halogens is 3. The smallest absolute Gasteiger partial charge is 0.153 e. The molecule has 0 aromatic heterocycles. The zero-order chi connectivity index (χ0) is 13.8. The largest absolute Gasteiger partial charge is 0.487 e. The average Bonchev–Trinajstić information content (AvgIpc) is 2.39. The predicted octanol–water partition coefficient (Wildman–Crippen LogP) is 4.74. The van der Waals surface area contributed by atoms with E-state index in [9.17, 15) is 9.18 Å². The molecule has 0 saturated carbocycles. The number of hydrogen-bond acceptors (Lipinski definition) is 2. The molecule has 0 N–H and O–H groups in total. The molecule has 0 fully saturated rings. The summed E-state index contributed by atoms with van der Waals surface area (Å²) in [5.74, 6) is 0.0638. The van der Waals surface area contributed by atoms with E-state index in [-0.39, 0.29) is 12.4 Å². The molecule has 19 heavy (non-hydrogen) atoms. The fourth-order valence-corrected chi connectivity index (χ4v) is 2.39. The molecule has 2 nitrogen and oxygen atoms in total. The average molecular weight is 388 g/mol. The Labute approximate surface area is 126 Å². The van der Waals surface area contributed by atoms with Gasteiger partial charge in [0.1, 0.15) is 18.2 Å². The Hall–Kier alpha value is -1.20. The molecule has 0 atom stereocenters. The van der Waals surface area contributed by atoms with Gasteiger partial charge in [0.2, 0.25) is 0 Å². The molecule has 0 aliphatic rings. The number of carbonyl (C=O) groups is 1. The first-order valence-electron chi connectivity index (χ1n) is 5.42. The highest BCUT2D eigenvalue weighted by atomic mass is 79.9. The van der Waals surface area contributed by atoms with Crippen LogP contribution in [0.3, 0.4) is 0 Å². The highest BCUT2D eigenvalue weighted by molar-refractivity contribution is 9.10. The molecule has 0 unspecified atom stereocenters. The second kappa shape index (κ2) is 6.30. The molecule has 0 bridgehead atoms. The molecule has 2 aromatic rings. The SMILES string of the molecule is O=Cc1cccc(Br)c1OCc1ccc(Br)cc1F. The first kappa shape index (κ1) is 14.2. The Balaban J connectivity index is 2.21. The maximum absolute atomic E-state index is 13.6. The van der Waals surface area contributed by atoms with Crippen molar-refractivity contribution in [3.63, 3.8) is 0 Å². The number of benzene rings is 2. The van der Waals surface area contributed by atoms with Crippen LogP contribution < -0.4 is 4.74 Å². The van der Waals surface area contributed by atoms with Crippen LogP contribution in [0.15, 0.2) is 45.3 Å². The molecular weight excluding hydrogens is 379 g/mol. The first-order valence-corrected chi connectivity index (χ1v) is 7.01. The van der Waals surface area contributed by atoms with E-state index in [1.165, 1.54) is 6.07 Å². The van der Waals surface area contributed by atoms with Gasteiger partial charge in [-0.1, -0.05) is 28.1 Å². The monoisotopic (exact) mass is 386 g/mol. The summed E-state index contributed by atoms with van der Waals surface area (Å²) in [4.78, 5) is 10.9. The Morgan fingerprint density at radius 3 is 2.68 bits per heavy atom. The van der Waals surface area contributed by atoms with Crippen molar-refractivity contribution < 1.29 is 13.9 Å². The summed E-state index contributed by atoms with van der Waals surface area (Å²) in [7, 11) is 0. The van der Waals surface area contributed by atoms with Crippen molar-refractivity contribution in [3.05, 3.63) is 62.3 Å². The number of carbonyl (C=O) groups excluding carboxylic acids is 1. The molecule has 0 spiro atoms. The number of hydrogen-bond donors (Lipinski definition) is 0. The van der Waals surface area contributed by atoms with Crippen LogP contribution in [0.25, 0.3) is 0 Å². The van der Waals surface area contributed by atoms with Crippen LogP contribution in [0.5, 0.6) is 5.75 Å². The highest BCUT2D eigenvalue weighted by Gasteiger charge is 2.09. The van der Waals surface area contributed by atoms with Crippen molar-refractivity contribution in [2.75, 3.05) is 0 Å². The molecule has 2 aromatic carbocycles. The molecule has 5 heteroatoms. The predicted molar refractivity (Wildman–Crippen MR) is 78.0 cm³/mol. The summed E-state index contributed by atoms with van der Waals surface area (Å²) in [6.07, 6.45) is 0.706. The van der Waals surface area contributed by atoms with Crippen molar-refractivity contribution in [3.8, 4) is 5.75 Å². The molecule has 0 aliphatic heterocycles. The van der Waals surface area contributed by atoms with Gasteiger partial charge >= 0.3 is 0 Å². The van der Waals surface area contributed by atoms with E-state index < -0.39 is 0 Å². The van der Waals surface area contributed by atoms with Gasteiger partial charge < -0.3 is 4.74 Å². The summed E-state index contributed by atoms with van der Waals surface area (Å²) in [5, 5.41) is 0. The van der Waals surface area contributed by atoms with E-state index >= 15 is 0 Å². The molecule has 0 radical (unpaired) electrons. The van der Waals surface area contributed by atoms with Crippen molar-refractivity contribution >= 4 is 38.1 Å². The fraction of sp³-hybridized carbons (Fsp3) is 0.0714. The second-order valence-electron chi connectivity index (χ2n) is 3.80. The van der Waals surface area contributed by atoms with Crippen molar-refractivity contribution in [1.29, 1.82) is 0 Å². The summed E-state index contributed by atoms with van der Waals surface area (Å²) in [6.45, 7) is 0.0581. The lowest BCUT2D eigenvalue weighted by molar-refractivity contribution is 0.111. The molecule has 0 amide bonds. The third kappa shape index (κ3) is 3.42. The molecule has 98 valence electrons. The van der Waals surface area contributed by atoms with Crippen LogP contribution in [0.2, 0.25) is 0 Å². The first-order chi connectivity index (χ1) is 9.11. The third-order valence-corrected chi connectivity index (χ3v) is 3.63. The maximum atomic E-state index is 13.6. The van der Waals surface area contributed by atoms with E-state index in [1.807, 2.05) is 0 Å². The maximum Gasteiger partial charge on any atom is 0.153 e. The fourth-order valence-electron chi connectivity index (χ4n) is 1.56. The van der Waals surface area contributed by atoms with E-state index in [0.717, 1.165) is 0 Å². The minimum absolute atomic E-state index is 0.0581. The summed E-state index contributed by atoms with van der Waals surface area (Å²) in [6, 6.07) is 9.89. The Kier molecular flexibility index (Phi) is 4.71. The Morgan fingerprint density at radius 2 is 2.00 bits per heavy atom. The van der Waals surface area contributed by atoms with Crippen LogP contribution >= 0.6 is 31.9 Å². The molecule has 2 rings (SSSR count). The van der Waals surface area contributed by atoms with Crippen LogP contribution in [-0.2, 0) is 6.61 Å². The van der Waals surface area contributed by atoms with E-state index in [4.69, 9.17) is 4.74 Å². The number of aldehydes is 1. The molecule has 0 aliphatic carbocycles. The van der Waals surface area contributed by atoms with Gasteiger partial charge in [0.15, 0.2) is 6.29 Å². The zero-order valence-electron chi connectivity index (χ0n) is 9.70. The minimum Gasteiger partial charge on any atom is -0.487 e. The minimum atomic E-state index is -0.353. The quantitative estimate of drug-likeness (QED) is 0.708. The molecule has 0 heterocycles. The van der Waals surface area contributed by atoms with Gasteiger partial charge in [-0.25, -0.2) is 4.39 Å². The van der Waals surface area contributed by atoms with E-state index in [2.05, 4.69) is 31.9 Å². The lowest BCUT2D eigenvalue weighted by Gasteiger charge is -2.11. The lowest BCUT2D eigenvalue weighted by Crippen LogP contribution is -2.01. The summed E-state index contributed by atoms with van der Waals surface area (Å²) in [5.41, 5.74) is 0.850. The van der Waals surface area contributed by atoms with Gasteiger partial charge in [-0.2, -0.15) is 0 Å². The summed E-state index contributed by atoms with van der Waals surface area (Å²) < 4.78 is 20.5. The second-order valence-corrected chi connectivity index (χ2v) is 5.57. The van der Waals surface area contributed by atoms with Crippen LogP contribution in [0, 0.1) is 5.82 Å². The van der Waals surface area contributed by atoms with Crippen molar-refractivity contribution in [1.82, 2.24) is 0 Å². The third-order valence-electron chi connectivity index (χ3n) is 2.51. The van der Waals surface area contributed by atoms with E-state index in [0.29, 0.717) is 32.1 Å². The van der Waals surface area contributed by atoms with Crippen LogP contribution in [0.1, 0.15) is 15.9 Å². The highest BCUT2D eigenvalue weighted by Crippen LogP contribution is 2.29. The van der Waals surface area contributed by atoms with E-state index in [1.54, 1.807) is 30.3 Å². The molecule has 0 saturated heterocycles. The number of ether oxygens (including phenoxy) is 1. The van der Waals surface area contributed by atoms with Gasteiger partial charge in [-0.3, -0.25) is 4.79 Å². The number of rotatable bonds is 4. The van der Waals surface area contributed by atoms with Gasteiger partial charge in [0, 0.05) is 10.0 Å². The van der Waals surface area contributed by atoms with Crippen LogP contribution in [-0.4, -0.2) is 6.29 Å². The topological polar surface area (TPSA) is 26.3 Å². The van der Waals surface area contributed by atoms with Gasteiger partial charge in [0.05, 0.1) is 10.0 Å². The van der Waals surface area contributed by atoms with Crippen molar-refractivity contribution in [2.24, 2.45) is 0 Å². The van der Waals surface area contributed by atoms with Gasteiger partial charge in [-0.15, -0.1) is 0 Å². The Morgan fingerprint density at radius 1 is 1.21 bits per heavy atom.